The van der Waals surface area contributed by atoms with Crippen molar-refractivity contribution in [2.75, 3.05) is 13.7 Å². The van der Waals surface area contributed by atoms with Crippen molar-refractivity contribution in [3.05, 3.63) is 0 Å². The summed E-state index contributed by atoms with van der Waals surface area (Å²) in [5, 5.41) is 3.81. The zero-order valence-electron chi connectivity index (χ0n) is 5.56. The van der Waals surface area contributed by atoms with Crippen molar-refractivity contribution in [3.63, 3.8) is 0 Å². The summed E-state index contributed by atoms with van der Waals surface area (Å²) in [5.41, 5.74) is 2.76. The smallest absolute Gasteiger partial charge is 0.202 e. The molecule has 0 aliphatic carbocycles. The predicted octanol–water partition coefficient (Wildman–Crippen LogP) is 0.576. The Hall–Kier alpha value is -0.730. The van der Waals surface area contributed by atoms with Crippen LogP contribution in [0.3, 0.4) is 0 Å². The Morgan fingerprint density at radius 2 is 2.38 bits per heavy atom. The first kappa shape index (κ1) is 7.27. The van der Waals surface area contributed by atoms with Crippen LogP contribution in [0.4, 0.5) is 0 Å². The molecule has 0 aromatic rings. The molecular weight excluding hydrogens is 104 g/mol. The molecule has 3 nitrogen and oxygen atoms in total. The van der Waals surface area contributed by atoms with Crippen LogP contribution in [0.2, 0.25) is 0 Å². The number of hydrogen-bond acceptors (Lipinski definition) is 3. The molecule has 0 spiro atoms. The molecule has 48 valence electrons. The van der Waals surface area contributed by atoms with Crippen molar-refractivity contribution in [1.82, 2.24) is 5.43 Å². The number of methoxy groups -OCH3 is 1. The van der Waals surface area contributed by atoms with E-state index in [2.05, 4.69) is 10.5 Å². The SMILES string of the molecule is CCN/N=C(/C)OC. The normalized spacial score (nSPS) is 11.1. The van der Waals surface area contributed by atoms with E-state index in [-0.39, 0.29) is 0 Å². The summed E-state index contributed by atoms with van der Waals surface area (Å²) in [4.78, 5) is 0. The third kappa shape index (κ3) is 3.46. The Bertz CT molecular complexity index is 80.5. The first-order valence-corrected chi connectivity index (χ1v) is 2.62. The average Bonchev–Trinajstić information content (AvgIpc) is 1.83. The lowest BCUT2D eigenvalue weighted by Crippen LogP contribution is -2.07. The largest absolute Gasteiger partial charge is 0.483 e. The average molecular weight is 116 g/mol. The van der Waals surface area contributed by atoms with E-state index in [1.165, 1.54) is 0 Å². The van der Waals surface area contributed by atoms with Gasteiger partial charge in [0.1, 0.15) is 0 Å². The van der Waals surface area contributed by atoms with Crippen LogP contribution >= 0.6 is 0 Å². The van der Waals surface area contributed by atoms with Crippen LogP contribution in [0.5, 0.6) is 0 Å². The Morgan fingerprint density at radius 3 is 2.75 bits per heavy atom. The van der Waals surface area contributed by atoms with E-state index < -0.39 is 0 Å². The molecule has 0 saturated carbocycles. The van der Waals surface area contributed by atoms with Gasteiger partial charge in [0.25, 0.3) is 0 Å². The summed E-state index contributed by atoms with van der Waals surface area (Å²) in [6.07, 6.45) is 0. The first-order valence-electron chi connectivity index (χ1n) is 2.62. The first-order chi connectivity index (χ1) is 3.81. The number of hydrazone groups is 1. The molecule has 0 aromatic heterocycles. The molecule has 0 amide bonds. The van der Waals surface area contributed by atoms with Gasteiger partial charge >= 0.3 is 0 Å². The van der Waals surface area contributed by atoms with Gasteiger partial charge in [0, 0.05) is 13.5 Å². The van der Waals surface area contributed by atoms with Gasteiger partial charge in [-0.25, -0.2) is 0 Å². The van der Waals surface area contributed by atoms with Gasteiger partial charge < -0.3 is 10.2 Å². The van der Waals surface area contributed by atoms with E-state index >= 15 is 0 Å². The summed E-state index contributed by atoms with van der Waals surface area (Å²) in [7, 11) is 1.59. The van der Waals surface area contributed by atoms with Crippen molar-refractivity contribution in [2.45, 2.75) is 13.8 Å². The molecule has 0 saturated heterocycles. The van der Waals surface area contributed by atoms with Crippen LogP contribution in [0.1, 0.15) is 13.8 Å². The van der Waals surface area contributed by atoms with Gasteiger partial charge in [-0.15, -0.1) is 5.10 Å². The highest BCUT2D eigenvalue weighted by Crippen LogP contribution is 1.71. The molecule has 0 atom stereocenters. The molecule has 0 aliphatic heterocycles. The van der Waals surface area contributed by atoms with Crippen molar-refractivity contribution >= 4 is 5.90 Å². The third-order valence-corrected chi connectivity index (χ3v) is 0.690. The Balaban J connectivity index is 3.26. The Labute approximate surface area is 49.7 Å². The number of rotatable bonds is 2. The summed E-state index contributed by atoms with van der Waals surface area (Å²) < 4.78 is 4.74. The van der Waals surface area contributed by atoms with Gasteiger partial charge in [-0.1, -0.05) is 0 Å². The fourth-order valence-corrected chi connectivity index (χ4v) is 0.236. The van der Waals surface area contributed by atoms with E-state index in [4.69, 9.17) is 4.74 Å². The fraction of sp³-hybridized carbons (Fsp3) is 0.800. The molecule has 0 aliphatic rings. The lowest BCUT2D eigenvalue weighted by Gasteiger charge is -1.96. The van der Waals surface area contributed by atoms with Crippen LogP contribution in [-0.4, -0.2) is 19.6 Å². The van der Waals surface area contributed by atoms with Gasteiger partial charge in [-0.05, 0) is 6.92 Å². The standard InChI is InChI=1S/C5H12N2O/c1-4-6-7-5(2)8-3/h6H,4H2,1-3H3/b7-5-. The van der Waals surface area contributed by atoms with Crippen molar-refractivity contribution in [3.8, 4) is 0 Å². The van der Waals surface area contributed by atoms with Crippen molar-refractivity contribution in [1.29, 1.82) is 0 Å². The van der Waals surface area contributed by atoms with Crippen molar-refractivity contribution in [2.24, 2.45) is 5.10 Å². The molecule has 0 heterocycles. The number of ether oxygens (including phenoxy) is 1. The molecule has 0 bridgehead atoms. The Kier molecular flexibility index (Phi) is 4.03. The lowest BCUT2D eigenvalue weighted by molar-refractivity contribution is 0.394. The van der Waals surface area contributed by atoms with E-state index in [1.54, 1.807) is 14.0 Å². The summed E-state index contributed by atoms with van der Waals surface area (Å²) in [5.74, 6) is 0.659. The molecule has 0 rings (SSSR count). The molecule has 3 heteroatoms. The van der Waals surface area contributed by atoms with Gasteiger partial charge in [0.05, 0.1) is 7.11 Å². The van der Waals surface area contributed by atoms with E-state index in [9.17, 15) is 0 Å². The zero-order chi connectivity index (χ0) is 6.41. The molecule has 0 radical (unpaired) electrons. The highest BCUT2D eigenvalue weighted by molar-refractivity contribution is 5.72. The maximum absolute atomic E-state index is 4.74. The monoisotopic (exact) mass is 116 g/mol. The minimum Gasteiger partial charge on any atom is -0.483 e. The van der Waals surface area contributed by atoms with E-state index in [1.807, 2.05) is 6.92 Å². The summed E-state index contributed by atoms with van der Waals surface area (Å²) in [6, 6.07) is 0. The highest BCUT2D eigenvalue weighted by atomic mass is 16.5. The Morgan fingerprint density at radius 1 is 1.75 bits per heavy atom. The topological polar surface area (TPSA) is 33.6 Å². The zero-order valence-corrected chi connectivity index (χ0v) is 5.56. The lowest BCUT2D eigenvalue weighted by atomic mass is 10.8. The van der Waals surface area contributed by atoms with E-state index in [0.717, 1.165) is 6.54 Å². The molecular formula is C5H12N2O. The second-order valence-electron chi connectivity index (χ2n) is 1.35. The maximum Gasteiger partial charge on any atom is 0.202 e. The number of hydrogen-bond donors (Lipinski definition) is 1. The highest BCUT2D eigenvalue weighted by Gasteiger charge is 1.79. The molecule has 8 heavy (non-hydrogen) atoms. The second kappa shape index (κ2) is 4.43. The quantitative estimate of drug-likeness (QED) is 0.325. The van der Waals surface area contributed by atoms with E-state index in [0.29, 0.717) is 5.90 Å². The van der Waals surface area contributed by atoms with Gasteiger partial charge in [-0.3, -0.25) is 0 Å². The van der Waals surface area contributed by atoms with Gasteiger partial charge in [0.15, 0.2) is 0 Å². The minimum atomic E-state index is 0.659. The summed E-state index contributed by atoms with van der Waals surface area (Å²) in [6.45, 7) is 4.61. The molecule has 0 aromatic carbocycles. The molecule has 0 unspecified atom stereocenters. The molecule has 0 fully saturated rings. The minimum absolute atomic E-state index is 0.659. The van der Waals surface area contributed by atoms with Crippen LogP contribution < -0.4 is 5.43 Å². The predicted molar refractivity (Wildman–Crippen MR) is 33.8 cm³/mol. The molecule has 1 N–H and O–H groups in total. The van der Waals surface area contributed by atoms with Gasteiger partial charge in [0.2, 0.25) is 5.90 Å². The maximum atomic E-state index is 4.74. The van der Waals surface area contributed by atoms with Crippen molar-refractivity contribution < 1.29 is 4.74 Å². The number of nitrogens with one attached hydrogen (secondary N) is 1. The van der Waals surface area contributed by atoms with Crippen LogP contribution in [0, 0.1) is 0 Å². The van der Waals surface area contributed by atoms with Crippen LogP contribution in [0.25, 0.3) is 0 Å². The third-order valence-electron chi connectivity index (χ3n) is 0.690. The second-order valence-corrected chi connectivity index (χ2v) is 1.35. The number of nitrogens with zero attached hydrogens (tertiary/aromatic N) is 1. The van der Waals surface area contributed by atoms with Gasteiger partial charge in [-0.2, -0.15) is 0 Å². The van der Waals surface area contributed by atoms with Crippen LogP contribution in [-0.2, 0) is 4.74 Å². The fourth-order valence-electron chi connectivity index (χ4n) is 0.236. The van der Waals surface area contributed by atoms with Crippen LogP contribution in [0.15, 0.2) is 5.10 Å². The summed E-state index contributed by atoms with van der Waals surface area (Å²) >= 11 is 0.